The van der Waals surface area contributed by atoms with Crippen molar-refractivity contribution in [2.75, 3.05) is 71.5 Å². The van der Waals surface area contributed by atoms with E-state index >= 15 is 0 Å². The maximum atomic E-state index is 12.7. The van der Waals surface area contributed by atoms with Gasteiger partial charge in [0.1, 0.15) is 0 Å². The van der Waals surface area contributed by atoms with Crippen LogP contribution in [-0.4, -0.2) is 98.2 Å². The van der Waals surface area contributed by atoms with Gasteiger partial charge in [0.05, 0.1) is 12.4 Å². The SMILES string of the molecule is CCN1CCC[C@H]1CN(CC1CCN(CCOC)CC1)C(=O)CSC. The Bertz CT molecular complexity index is 389. The molecule has 2 rings (SSSR count). The van der Waals surface area contributed by atoms with Gasteiger partial charge in [0.2, 0.25) is 5.91 Å². The van der Waals surface area contributed by atoms with Crippen molar-refractivity contribution in [3.8, 4) is 0 Å². The Morgan fingerprint density at radius 2 is 1.96 bits per heavy atom. The first-order valence-corrected chi connectivity index (χ1v) is 11.3. The van der Waals surface area contributed by atoms with Crippen molar-refractivity contribution in [1.82, 2.24) is 14.7 Å². The number of carbonyl (C=O) groups is 1. The highest BCUT2D eigenvalue weighted by Crippen LogP contribution is 2.22. The first kappa shape index (κ1) is 21.0. The molecule has 2 heterocycles. The van der Waals surface area contributed by atoms with Crippen LogP contribution in [0.3, 0.4) is 0 Å². The monoisotopic (exact) mass is 371 g/mol. The molecule has 0 radical (unpaired) electrons. The van der Waals surface area contributed by atoms with Gasteiger partial charge in [-0.25, -0.2) is 0 Å². The quantitative estimate of drug-likeness (QED) is 0.587. The molecule has 0 spiro atoms. The van der Waals surface area contributed by atoms with Crippen LogP contribution in [0.4, 0.5) is 0 Å². The van der Waals surface area contributed by atoms with Crippen LogP contribution in [0.15, 0.2) is 0 Å². The van der Waals surface area contributed by atoms with E-state index < -0.39 is 0 Å². The van der Waals surface area contributed by atoms with Crippen molar-refractivity contribution in [2.45, 2.75) is 38.6 Å². The van der Waals surface area contributed by atoms with Gasteiger partial charge in [-0.3, -0.25) is 9.69 Å². The van der Waals surface area contributed by atoms with Gasteiger partial charge in [0, 0.05) is 32.8 Å². The predicted molar refractivity (Wildman–Crippen MR) is 106 cm³/mol. The molecule has 0 saturated carbocycles. The summed E-state index contributed by atoms with van der Waals surface area (Å²) in [4.78, 5) is 19.9. The number of ether oxygens (including phenoxy) is 1. The van der Waals surface area contributed by atoms with E-state index in [1.807, 2.05) is 6.26 Å². The lowest BCUT2D eigenvalue weighted by atomic mass is 9.96. The van der Waals surface area contributed by atoms with Gasteiger partial charge < -0.3 is 14.5 Å². The van der Waals surface area contributed by atoms with Gasteiger partial charge in [0.25, 0.3) is 0 Å². The van der Waals surface area contributed by atoms with Crippen molar-refractivity contribution in [1.29, 1.82) is 0 Å². The van der Waals surface area contributed by atoms with Crippen molar-refractivity contribution in [2.24, 2.45) is 5.92 Å². The van der Waals surface area contributed by atoms with Gasteiger partial charge in [-0.1, -0.05) is 6.92 Å². The number of amides is 1. The molecular weight excluding hydrogens is 334 g/mol. The van der Waals surface area contributed by atoms with Crippen LogP contribution < -0.4 is 0 Å². The number of rotatable bonds is 10. The molecule has 0 N–H and O–H groups in total. The minimum absolute atomic E-state index is 0.331. The van der Waals surface area contributed by atoms with Crippen LogP contribution in [0.2, 0.25) is 0 Å². The number of likely N-dealkylation sites (tertiary alicyclic amines) is 2. The fourth-order valence-corrected chi connectivity index (χ4v) is 4.62. The first-order valence-electron chi connectivity index (χ1n) is 9.90. The molecule has 2 aliphatic heterocycles. The van der Waals surface area contributed by atoms with Crippen LogP contribution in [0, 0.1) is 5.92 Å². The summed E-state index contributed by atoms with van der Waals surface area (Å²) < 4.78 is 5.19. The zero-order valence-corrected chi connectivity index (χ0v) is 17.2. The minimum atomic E-state index is 0.331. The lowest BCUT2D eigenvalue weighted by Crippen LogP contribution is -2.47. The van der Waals surface area contributed by atoms with Gasteiger partial charge in [-0.2, -0.15) is 11.8 Å². The molecular formula is C19H37N3O2S. The van der Waals surface area contributed by atoms with Crippen LogP contribution in [0.5, 0.6) is 0 Å². The third-order valence-corrected chi connectivity index (χ3v) is 6.29. The predicted octanol–water partition coefficient (Wildman–Crippen LogP) is 2.02. The summed E-state index contributed by atoms with van der Waals surface area (Å²) in [5.74, 6) is 1.60. The highest BCUT2D eigenvalue weighted by atomic mass is 32.2. The van der Waals surface area contributed by atoms with Crippen LogP contribution in [0.25, 0.3) is 0 Å². The van der Waals surface area contributed by atoms with Gasteiger partial charge in [-0.05, 0) is 64.0 Å². The van der Waals surface area contributed by atoms with Crippen molar-refractivity contribution in [3.05, 3.63) is 0 Å². The van der Waals surface area contributed by atoms with Gasteiger partial charge in [0.15, 0.2) is 0 Å². The number of likely N-dealkylation sites (N-methyl/N-ethyl adjacent to an activating group) is 1. The molecule has 0 bridgehead atoms. The van der Waals surface area contributed by atoms with Crippen LogP contribution in [0.1, 0.15) is 32.6 Å². The molecule has 2 saturated heterocycles. The number of methoxy groups -OCH3 is 1. The standard InChI is InChI=1S/C19H37N3O2S/c1-4-21-9-5-6-18(21)15-22(19(23)16-25-3)14-17-7-10-20(11-8-17)12-13-24-2/h17-18H,4-16H2,1-3H3/t18-/m0/s1. The molecule has 1 atom stereocenters. The van der Waals surface area contributed by atoms with Gasteiger partial charge >= 0.3 is 0 Å². The molecule has 25 heavy (non-hydrogen) atoms. The number of hydrogen-bond acceptors (Lipinski definition) is 5. The van der Waals surface area contributed by atoms with E-state index in [1.54, 1.807) is 18.9 Å². The lowest BCUT2D eigenvalue weighted by Gasteiger charge is -2.36. The summed E-state index contributed by atoms with van der Waals surface area (Å²) >= 11 is 1.65. The molecule has 0 aromatic rings. The first-order chi connectivity index (χ1) is 12.2. The summed E-state index contributed by atoms with van der Waals surface area (Å²) in [6.07, 6.45) is 6.95. The van der Waals surface area contributed by atoms with E-state index in [0.717, 1.165) is 45.9 Å². The second-order valence-electron chi connectivity index (χ2n) is 7.43. The van der Waals surface area contributed by atoms with E-state index in [2.05, 4.69) is 21.6 Å². The van der Waals surface area contributed by atoms with E-state index in [1.165, 1.54) is 32.2 Å². The average Bonchev–Trinajstić information content (AvgIpc) is 3.08. The van der Waals surface area contributed by atoms with E-state index in [-0.39, 0.29) is 0 Å². The van der Waals surface area contributed by atoms with E-state index in [0.29, 0.717) is 23.6 Å². The van der Waals surface area contributed by atoms with Crippen LogP contribution in [-0.2, 0) is 9.53 Å². The number of piperidine rings is 1. The Labute approximate surface area is 158 Å². The largest absolute Gasteiger partial charge is 0.383 e. The topological polar surface area (TPSA) is 36.0 Å². The molecule has 0 unspecified atom stereocenters. The molecule has 0 aromatic heterocycles. The zero-order valence-electron chi connectivity index (χ0n) is 16.4. The number of thioether (sulfide) groups is 1. The molecule has 146 valence electrons. The normalized spacial score (nSPS) is 23.2. The van der Waals surface area contributed by atoms with E-state index in [9.17, 15) is 4.79 Å². The van der Waals surface area contributed by atoms with E-state index in [4.69, 9.17) is 4.74 Å². The smallest absolute Gasteiger partial charge is 0.232 e. The molecule has 1 amide bonds. The second kappa shape index (κ2) is 11.4. The Hall–Kier alpha value is -0.300. The number of carbonyl (C=O) groups excluding carboxylic acids is 1. The lowest BCUT2D eigenvalue weighted by molar-refractivity contribution is -0.130. The zero-order chi connectivity index (χ0) is 18.1. The molecule has 6 heteroatoms. The average molecular weight is 372 g/mol. The summed E-state index contributed by atoms with van der Waals surface area (Å²) in [5, 5.41) is 0. The van der Waals surface area contributed by atoms with Crippen molar-refractivity contribution >= 4 is 17.7 Å². The molecule has 0 aliphatic carbocycles. The Kier molecular flexibility index (Phi) is 9.60. The fourth-order valence-electron chi connectivity index (χ4n) is 4.19. The number of hydrogen-bond donors (Lipinski definition) is 0. The minimum Gasteiger partial charge on any atom is -0.383 e. The maximum absolute atomic E-state index is 12.7. The summed E-state index contributed by atoms with van der Waals surface area (Å²) in [5.41, 5.74) is 0. The highest BCUT2D eigenvalue weighted by Gasteiger charge is 2.29. The van der Waals surface area contributed by atoms with Gasteiger partial charge in [-0.15, -0.1) is 0 Å². The molecule has 2 aliphatic rings. The molecule has 5 nitrogen and oxygen atoms in total. The molecule has 0 aromatic carbocycles. The Morgan fingerprint density at radius 3 is 2.60 bits per heavy atom. The summed E-state index contributed by atoms with van der Waals surface area (Å²) in [7, 11) is 1.77. The van der Waals surface area contributed by atoms with Crippen molar-refractivity contribution < 1.29 is 9.53 Å². The third kappa shape index (κ3) is 6.74. The third-order valence-electron chi connectivity index (χ3n) is 5.75. The van der Waals surface area contributed by atoms with Crippen LogP contribution >= 0.6 is 11.8 Å². The maximum Gasteiger partial charge on any atom is 0.232 e. The highest BCUT2D eigenvalue weighted by molar-refractivity contribution is 7.99. The Morgan fingerprint density at radius 1 is 1.20 bits per heavy atom. The fraction of sp³-hybridized carbons (Fsp3) is 0.947. The summed E-state index contributed by atoms with van der Waals surface area (Å²) in [6.45, 7) is 10.6. The second-order valence-corrected chi connectivity index (χ2v) is 8.30. The summed E-state index contributed by atoms with van der Waals surface area (Å²) in [6, 6.07) is 0.567. The molecule has 2 fully saturated rings. The van der Waals surface area contributed by atoms with Crippen molar-refractivity contribution in [3.63, 3.8) is 0 Å². The Balaban J connectivity index is 1.85. The number of nitrogens with zero attached hydrogens (tertiary/aromatic N) is 3.